The number of carbonyl (C=O) groups excluding carboxylic acids is 1. The zero-order chi connectivity index (χ0) is 63.0. The third-order valence-corrected chi connectivity index (χ3v) is 25.1. The maximum Gasteiger partial charge on any atom is 0.145 e. The fourth-order valence-corrected chi connectivity index (χ4v) is 20.5. The number of aliphatic hydroxyl groups excluding tert-OH is 1. The second-order valence-corrected chi connectivity index (χ2v) is 30.8. The third kappa shape index (κ3) is 15.2. The van der Waals surface area contributed by atoms with Gasteiger partial charge in [0.1, 0.15) is 35.4 Å². The zero-order valence-electron chi connectivity index (χ0n) is 56.3. The van der Waals surface area contributed by atoms with Crippen molar-refractivity contribution in [1.82, 2.24) is 9.97 Å². The molecule has 16 atom stereocenters. The molecule has 492 valence electrons. The number of fused-ring (bicyclic) bond motifs is 12. The summed E-state index contributed by atoms with van der Waals surface area (Å²) >= 11 is 0. The van der Waals surface area contributed by atoms with E-state index in [4.69, 9.17) is 20.3 Å². The molecule has 5 N–H and O–H groups in total. The van der Waals surface area contributed by atoms with Gasteiger partial charge in [-0.15, -0.1) is 0 Å². The largest absolute Gasteiger partial charge is 0.506 e. The summed E-state index contributed by atoms with van der Waals surface area (Å²) in [5.74, 6) is 11.0. The molecule has 4 aromatic rings. The molecule has 10 heteroatoms. The quantitative estimate of drug-likeness (QED) is 0.0265. The van der Waals surface area contributed by atoms with Gasteiger partial charge in [-0.25, -0.2) is 0 Å². The molecule has 2 heterocycles. The Morgan fingerprint density at radius 2 is 1.07 bits per heavy atom. The molecule has 6 fully saturated rings. The topological polar surface area (TPSA) is 160 Å². The van der Waals surface area contributed by atoms with Crippen molar-refractivity contribution in [3.05, 3.63) is 84.2 Å². The first-order valence-corrected chi connectivity index (χ1v) is 35.3. The van der Waals surface area contributed by atoms with Crippen LogP contribution in [0, 0.1) is 92.7 Å². The minimum Gasteiger partial charge on any atom is -0.506 e. The van der Waals surface area contributed by atoms with Gasteiger partial charge in [0.25, 0.3) is 0 Å². The summed E-state index contributed by atoms with van der Waals surface area (Å²) in [6.45, 7) is 27.9. The van der Waals surface area contributed by atoms with E-state index >= 15 is 0 Å². The summed E-state index contributed by atoms with van der Waals surface area (Å²) in [4.78, 5) is 23.7. The van der Waals surface area contributed by atoms with E-state index in [1.54, 1.807) is 54.7 Å². The highest BCUT2D eigenvalue weighted by Crippen LogP contribution is 2.69. The van der Waals surface area contributed by atoms with E-state index in [9.17, 15) is 15.0 Å². The highest BCUT2D eigenvalue weighted by Gasteiger charge is 2.61. The number of nitrogens with two attached hydrogens (primary N) is 1. The van der Waals surface area contributed by atoms with Gasteiger partial charge in [-0.1, -0.05) is 138 Å². The summed E-state index contributed by atoms with van der Waals surface area (Å²) in [7, 11) is 0. The van der Waals surface area contributed by atoms with Crippen LogP contribution in [0.15, 0.2) is 89.2 Å². The first kappa shape index (κ1) is 70.2. The lowest BCUT2D eigenvalue weighted by molar-refractivity contribution is -0.115. The number of rotatable bonds is 17. The van der Waals surface area contributed by atoms with E-state index in [0.29, 0.717) is 45.0 Å². The molecular formula is C79H120N4O6. The smallest absolute Gasteiger partial charge is 0.145 e. The van der Waals surface area contributed by atoms with Gasteiger partial charge in [0.05, 0.1) is 24.5 Å². The van der Waals surface area contributed by atoms with E-state index in [2.05, 4.69) is 96.3 Å². The van der Waals surface area contributed by atoms with Gasteiger partial charge < -0.3 is 35.3 Å². The average Bonchev–Trinajstić information content (AvgIpc) is 1.72. The minimum absolute atomic E-state index is 0. The number of hydrogen-bond donors (Lipinski definition) is 4. The Hall–Kier alpha value is -4.64. The van der Waals surface area contributed by atoms with E-state index in [1.165, 1.54) is 116 Å². The van der Waals surface area contributed by atoms with Gasteiger partial charge in [-0.3, -0.25) is 15.0 Å². The number of aliphatic imine (C=N–C) groups is 1. The third-order valence-electron chi connectivity index (χ3n) is 25.1. The van der Waals surface area contributed by atoms with Gasteiger partial charge >= 0.3 is 0 Å². The lowest BCUT2D eigenvalue weighted by atomic mass is 9.47. The molecule has 6 unspecified atom stereocenters. The van der Waals surface area contributed by atoms with Gasteiger partial charge in [0.2, 0.25) is 0 Å². The standard InChI is InChI=1S/C38H54N2O2.C29H48O2.C9H8N2O.C2H6O.CH4/c1-25(2)8-6-9-26(3)31-13-14-32-29-12-11-27-24-28(17-19-37(27,4)33(29)18-20-38(31,32)5)42-23-22-39-34-15-16-35(41)36-30(34)10-7-21-40-36;1-20(2)7-6-8-21(3)25-11-12-26-24-10-9-22-19-23(31-18-17-30)13-15-28(22,4)27(24)14-16-29(25,26)5;10-7-3-4-8(12)9-6(7)2-1-5-11-9;1-2-3;/h7,10-11,15-16,21-22,25-26,28-29,31-33,41H,6,8-9,12-14,17-20,23-24H2,1-5H3;9,17,20-21,23-27H,6-8,10-16,18-19H2,1-5H3;1-5,12H,10H2;3H,2H2,1H3;1H4/t26-,28+,29?,31-,32?,33?,37+,38-;21-,23+,24?,25-,26?,27?,28+,29-;;;/m11.../s1. The monoisotopic (exact) mass is 1220 g/mol. The molecule has 8 aliphatic carbocycles. The number of aliphatic hydroxyl groups is 1. The van der Waals surface area contributed by atoms with Crippen molar-refractivity contribution in [3.63, 3.8) is 0 Å². The Morgan fingerprint density at radius 3 is 1.54 bits per heavy atom. The summed E-state index contributed by atoms with van der Waals surface area (Å²) in [5.41, 5.74) is 13.5. The van der Waals surface area contributed by atoms with Crippen LogP contribution in [-0.4, -0.2) is 69.8 Å². The Balaban J connectivity index is 0.000000190. The van der Waals surface area contributed by atoms with Crippen molar-refractivity contribution >= 4 is 45.7 Å². The molecule has 6 saturated carbocycles. The fourth-order valence-electron chi connectivity index (χ4n) is 20.5. The first-order chi connectivity index (χ1) is 42.2. The summed E-state index contributed by atoms with van der Waals surface area (Å²) in [6, 6.07) is 14.2. The van der Waals surface area contributed by atoms with E-state index in [-0.39, 0.29) is 44.3 Å². The minimum atomic E-state index is 0. The van der Waals surface area contributed by atoms with Crippen LogP contribution in [0.25, 0.3) is 21.8 Å². The lowest BCUT2D eigenvalue weighted by Crippen LogP contribution is -2.51. The second-order valence-electron chi connectivity index (χ2n) is 30.8. The van der Waals surface area contributed by atoms with Gasteiger partial charge in [-0.2, -0.15) is 0 Å². The normalized spacial score (nSPS) is 33.2. The Morgan fingerprint density at radius 1 is 0.607 bits per heavy atom. The molecule has 2 aromatic carbocycles. The average molecular weight is 1220 g/mol. The zero-order valence-corrected chi connectivity index (χ0v) is 56.3. The predicted octanol–water partition coefficient (Wildman–Crippen LogP) is 19.8. The number of aromatic hydroxyl groups is 2. The number of carbonyl (C=O) groups is 1. The van der Waals surface area contributed by atoms with Crippen molar-refractivity contribution in [2.45, 2.75) is 237 Å². The summed E-state index contributed by atoms with van der Waals surface area (Å²) < 4.78 is 12.2. The van der Waals surface area contributed by atoms with Crippen LogP contribution in [0.1, 0.15) is 225 Å². The lowest BCUT2D eigenvalue weighted by Gasteiger charge is -2.58. The van der Waals surface area contributed by atoms with Gasteiger partial charge in [0.15, 0.2) is 0 Å². The SMILES string of the molecule is C.CC(C)CCC[C@@H](C)[C@H]1CCC2C3CC=C4C[C@@H](OCC=Nc5ccc(O)c6ncccc56)CC[C@]4(C)C3CC[C@@]21C.CC(C)CCC[C@@H](C)[C@H]1CCC2C3CC=C4C[C@@H](OCC=O)CC[C@]4(C)C3CC[C@@]21C.CCO.Nc1ccc(O)c2ncccc12. The molecule has 0 saturated heterocycles. The summed E-state index contributed by atoms with van der Waals surface area (Å²) in [5, 5.41) is 28.7. The molecule has 8 aliphatic rings. The maximum absolute atomic E-state index is 10.7. The van der Waals surface area contributed by atoms with Crippen molar-refractivity contribution in [2.75, 3.05) is 25.6 Å². The number of benzene rings is 2. The predicted molar refractivity (Wildman–Crippen MR) is 371 cm³/mol. The highest BCUT2D eigenvalue weighted by molar-refractivity contribution is 5.95. The number of nitrogen functional groups attached to an aromatic ring is 1. The van der Waals surface area contributed by atoms with Crippen LogP contribution in [0.4, 0.5) is 11.4 Å². The van der Waals surface area contributed by atoms with Crippen molar-refractivity contribution < 1.29 is 29.6 Å². The number of phenolic OH excluding ortho intramolecular Hbond substituents is 2. The summed E-state index contributed by atoms with van der Waals surface area (Å²) in [6.07, 6.45) is 41.6. The molecule has 0 spiro atoms. The van der Waals surface area contributed by atoms with Crippen LogP contribution in [-0.2, 0) is 14.3 Å². The van der Waals surface area contributed by atoms with Gasteiger partial charge in [0, 0.05) is 41.7 Å². The fraction of sp³-hybridized carbons (Fsp3) is 0.696. The van der Waals surface area contributed by atoms with Crippen LogP contribution in [0.3, 0.4) is 0 Å². The van der Waals surface area contributed by atoms with Gasteiger partial charge in [-0.05, 0) is 251 Å². The number of nitrogens with zero attached hydrogens (tertiary/aromatic N) is 3. The van der Waals surface area contributed by atoms with Crippen molar-refractivity contribution in [1.29, 1.82) is 0 Å². The van der Waals surface area contributed by atoms with Crippen LogP contribution in [0.2, 0.25) is 0 Å². The number of ether oxygens (including phenoxy) is 2. The molecule has 2 aromatic heterocycles. The molecule has 0 bridgehead atoms. The first-order valence-electron chi connectivity index (χ1n) is 35.3. The number of aromatic nitrogens is 2. The number of aldehydes is 1. The number of hydrogen-bond acceptors (Lipinski definition) is 10. The van der Waals surface area contributed by atoms with E-state index in [1.807, 2.05) is 30.5 Å². The number of allylic oxidation sites excluding steroid dienone is 2. The van der Waals surface area contributed by atoms with Crippen LogP contribution >= 0.6 is 0 Å². The van der Waals surface area contributed by atoms with E-state index < -0.39 is 0 Å². The number of pyridine rings is 2. The molecule has 0 amide bonds. The molecule has 12 rings (SSSR count). The molecular weight excluding hydrogens is 1100 g/mol. The number of anilines is 1. The van der Waals surface area contributed by atoms with Crippen LogP contribution in [0.5, 0.6) is 11.5 Å². The van der Waals surface area contributed by atoms with Crippen molar-refractivity contribution in [2.24, 2.45) is 97.7 Å². The maximum atomic E-state index is 10.7. The Kier molecular flexibility index (Phi) is 24.4. The Labute approximate surface area is 538 Å². The Bertz CT molecular complexity index is 2990. The van der Waals surface area contributed by atoms with Crippen LogP contribution < -0.4 is 5.73 Å². The molecule has 0 aliphatic heterocycles. The number of phenols is 2. The molecule has 10 nitrogen and oxygen atoms in total. The molecule has 89 heavy (non-hydrogen) atoms. The van der Waals surface area contributed by atoms with E-state index in [0.717, 1.165) is 119 Å². The second kappa shape index (κ2) is 30.9. The molecule has 0 radical (unpaired) electrons. The van der Waals surface area contributed by atoms with Crippen molar-refractivity contribution in [3.8, 4) is 11.5 Å². The highest BCUT2D eigenvalue weighted by atomic mass is 16.5.